The maximum absolute atomic E-state index is 5.51. The standard InChI is InChI=1S/C15H30N2O/c1-13(2)11-17-7-5-14(6-8-17)10-16-15-4-3-9-18-12-15/h13-16H,3-12H2,1-2H3. The second-order valence-electron chi connectivity index (χ2n) is 6.46. The Balaban J connectivity index is 1.58. The van der Waals surface area contributed by atoms with Crippen LogP contribution in [-0.4, -0.2) is 50.3 Å². The van der Waals surface area contributed by atoms with Crippen molar-refractivity contribution in [3.8, 4) is 0 Å². The molecule has 2 aliphatic heterocycles. The van der Waals surface area contributed by atoms with Crippen LogP contribution in [0.25, 0.3) is 0 Å². The Hall–Kier alpha value is -0.120. The van der Waals surface area contributed by atoms with Crippen LogP contribution < -0.4 is 5.32 Å². The number of likely N-dealkylation sites (tertiary alicyclic amines) is 1. The average Bonchev–Trinajstić information content (AvgIpc) is 2.38. The third-order valence-electron chi connectivity index (χ3n) is 4.19. The maximum atomic E-state index is 5.51. The van der Waals surface area contributed by atoms with Crippen LogP contribution in [0.15, 0.2) is 0 Å². The van der Waals surface area contributed by atoms with Gasteiger partial charge < -0.3 is 15.0 Å². The third kappa shape index (κ3) is 4.87. The summed E-state index contributed by atoms with van der Waals surface area (Å²) in [7, 11) is 0. The molecule has 3 nitrogen and oxygen atoms in total. The number of hydrogen-bond acceptors (Lipinski definition) is 3. The van der Waals surface area contributed by atoms with Gasteiger partial charge in [0.2, 0.25) is 0 Å². The van der Waals surface area contributed by atoms with Gasteiger partial charge in [-0.05, 0) is 57.2 Å². The van der Waals surface area contributed by atoms with Gasteiger partial charge in [-0.1, -0.05) is 13.8 Å². The van der Waals surface area contributed by atoms with Gasteiger partial charge >= 0.3 is 0 Å². The molecule has 0 amide bonds. The smallest absolute Gasteiger partial charge is 0.0619 e. The molecule has 0 aliphatic carbocycles. The minimum Gasteiger partial charge on any atom is -0.380 e. The molecular formula is C15H30N2O. The van der Waals surface area contributed by atoms with Gasteiger partial charge in [0.1, 0.15) is 0 Å². The van der Waals surface area contributed by atoms with Gasteiger partial charge in [0.05, 0.1) is 6.61 Å². The van der Waals surface area contributed by atoms with E-state index >= 15 is 0 Å². The number of piperidine rings is 1. The lowest BCUT2D eigenvalue weighted by Crippen LogP contribution is -2.43. The Bertz CT molecular complexity index is 219. The van der Waals surface area contributed by atoms with Crippen molar-refractivity contribution >= 4 is 0 Å². The van der Waals surface area contributed by atoms with Gasteiger partial charge in [0.15, 0.2) is 0 Å². The van der Waals surface area contributed by atoms with E-state index in [0.717, 1.165) is 25.0 Å². The van der Waals surface area contributed by atoms with E-state index in [4.69, 9.17) is 4.74 Å². The summed E-state index contributed by atoms with van der Waals surface area (Å²) in [6.07, 6.45) is 5.26. The normalized spacial score (nSPS) is 27.8. The van der Waals surface area contributed by atoms with Crippen LogP contribution in [0.5, 0.6) is 0 Å². The molecule has 2 fully saturated rings. The lowest BCUT2D eigenvalue weighted by molar-refractivity contribution is 0.0669. The van der Waals surface area contributed by atoms with Crippen LogP contribution in [0.4, 0.5) is 0 Å². The van der Waals surface area contributed by atoms with Gasteiger partial charge in [-0.3, -0.25) is 0 Å². The van der Waals surface area contributed by atoms with Gasteiger partial charge in [0.25, 0.3) is 0 Å². The van der Waals surface area contributed by atoms with E-state index in [1.54, 1.807) is 0 Å². The van der Waals surface area contributed by atoms with E-state index in [2.05, 4.69) is 24.1 Å². The topological polar surface area (TPSA) is 24.5 Å². The van der Waals surface area contributed by atoms with Crippen molar-refractivity contribution in [2.24, 2.45) is 11.8 Å². The highest BCUT2D eigenvalue weighted by Crippen LogP contribution is 2.18. The first-order valence-corrected chi connectivity index (χ1v) is 7.77. The molecular weight excluding hydrogens is 224 g/mol. The average molecular weight is 254 g/mol. The van der Waals surface area contributed by atoms with Gasteiger partial charge in [-0.25, -0.2) is 0 Å². The van der Waals surface area contributed by atoms with Crippen molar-refractivity contribution < 1.29 is 4.74 Å². The largest absolute Gasteiger partial charge is 0.380 e. The number of hydrogen-bond donors (Lipinski definition) is 1. The molecule has 0 radical (unpaired) electrons. The predicted octanol–water partition coefficient (Wildman–Crippen LogP) is 2.12. The summed E-state index contributed by atoms with van der Waals surface area (Å²) in [6.45, 7) is 11.6. The van der Waals surface area contributed by atoms with Gasteiger partial charge in [-0.2, -0.15) is 0 Å². The molecule has 0 saturated carbocycles. The first-order chi connectivity index (χ1) is 8.74. The molecule has 2 saturated heterocycles. The van der Waals surface area contributed by atoms with Crippen LogP contribution >= 0.6 is 0 Å². The summed E-state index contributed by atoms with van der Waals surface area (Å²) in [5, 5.41) is 3.70. The molecule has 0 spiro atoms. The maximum Gasteiger partial charge on any atom is 0.0619 e. The highest BCUT2D eigenvalue weighted by Gasteiger charge is 2.21. The lowest BCUT2D eigenvalue weighted by atomic mass is 9.95. The molecule has 0 bridgehead atoms. The molecule has 2 heterocycles. The molecule has 1 atom stereocenters. The van der Waals surface area contributed by atoms with Crippen molar-refractivity contribution in [1.29, 1.82) is 0 Å². The van der Waals surface area contributed by atoms with Crippen molar-refractivity contribution in [3.05, 3.63) is 0 Å². The zero-order valence-electron chi connectivity index (χ0n) is 12.2. The fourth-order valence-electron chi connectivity index (χ4n) is 3.12. The summed E-state index contributed by atoms with van der Waals surface area (Å²) >= 11 is 0. The number of nitrogens with zero attached hydrogens (tertiary/aromatic N) is 1. The van der Waals surface area contributed by atoms with E-state index < -0.39 is 0 Å². The second-order valence-corrected chi connectivity index (χ2v) is 6.46. The van der Waals surface area contributed by atoms with E-state index in [1.165, 1.54) is 51.9 Å². The first-order valence-electron chi connectivity index (χ1n) is 7.77. The van der Waals surface area contributed by atoms with Crippen molar-refractivity contribution in [2.75, 3.05) is 39.4 Å². The van der Waals surface area contributed by atoms with Crippen LogP contribution in [0.3, 0.4) is 0 Å². The summed E-state index contributed by atoms with van der Waals surface area (Å²) in [5.41, 5.74) is 0. The number of ether oxygens (including phenoxy) is 1. The summed E-state index contributed by atoms with van der Waals surface area (Å²) in [5.74, 6) is 1.69. The van der Waals surface area contributed by atoms with Crippen molar-refractivity contribution in [1.82, 2.24) is 10.2 Å². The predicted molar refractivity (Wildman–Crippen MR) is 75.8 cm³/mol. The van der Waals surface area contributed by atoms with E-state index in [1.807, 2.05) is 0 Å². The first kappa shape index (κ1) is 14.3. The van der Waals surface area contributed by atoms with Crippen LogP contribution in [0, 0.1) is 11.8 Å². The van der Waals surface area contributed by atoms with Crippen molar-refractivity contribution in [3.63, 3.8) is 0 Å². The molecule has 0 aromatic carbocycles. The van der Waals surface area contributed by atoms with E-state index in [-0.39, 0.29) is 0 Å². The number of rotatable bonds is 5. The minimum atomic E-state index is 0.618. The Morgan fingerprint density at radius 2 is 2.00 bits per heavy atom. The SMILES string of the molecule is CC(C)CN1CCC(CNC2CCCOC2)CC1. The molecule has 18 heavy (non-hydrogen) atoms. The van der Waals surface area contributed by atoms with Gasteiger partial charge in [-0.15, -0.1) is 0 Å². The van der Waals surface area contributed by atoms with Crippen LogP contribution in [-0.2, 0) is 4.74 Å². The van der Waals surface area contributed by atoms with Crippen LogP contribution in [0.2, 0.25) is 0 Å². The number of nitrogens with one attached hydrogen (secondary N) is 1. The Labute approximate surface area is 112 Å². The summed E-state index contributed by atoms with van der Waals surface area (Å²) in [6, 6.07) is 0.618. The molecule has 2 rings (SSSR count). The van der Waals surface area contributed by atoms with Gasteiger partial charge in [0, 0.05) is 19.2 Å². The van der Waals surface area contributed by atoms with Crippen LogP contribution in [0.1, 0.15) is 39.5 Å². The Morgan fingerprint density at radius 1 is 1.22 bits per heavy atom. The molecule has 0 aromatic heterocycles. The Morgan fingerprint density at radius 3 is 2.61 bits per heavy atom. The highest BCUT2D eigenvalue weighted by atomic mass is 16.5. The molecule has 1 N–H and O–H groups in total. The monoisotopic (exact) mass is 254 g/mol. The molecule has 0 aromatic rings. The quantitative estimate of drug-likeness (QED) is 0.813. The highest BCUT2D eigenvalue weighted by molar-refractivity contribution is 4.77. The lowest BCUT2D eigenvalue weighted by Gasteiger charge is -2.34. The minimum absolute atomic E-state index is 0.618. The Kier molecular flexibility index (Phi) is 5.93. The van der Waals surface area contributed by atoms with E-state index in [0.29, 0.717) is 6.04 Å². The summed E-state index contributed by atoms with van der Waals surface area (Å²) in [4.78, 5) is 2.63. The fourth-order valence-corrected chi connectivity index (χ4v) is 3.12. The van der Waals surface area contributed by atoms with E-state index in [9.17, 15) is 0 Å². The second kappa shape index (κ2) is 7.46. The molecule has 1 unspecified atom stereocenters. The molecule has 106 valence electrons. The fraction of sp³-hybridized carbons (Fsp3) is 1.00. The zero-order valence-corrected chi connectivity index (χ0v) is 12.2. The summed E-state index contributed by atoms with van der Waals surface area (Å²) < 4.78 is 5.51. The van der Waals surface area contributed by atoms with Crippen molar-refractivity contribution in [2.45, 2.75) is 45.6 Å². The molecule has 2 aliphatic rings. The zero-order chi connectivity index (χ0) is 12.8. The molecule has 3 heteroatoms. The third-order valence-corrected chi connectivity index (χ3v) is 4.19.